The Balaban J connectivity index is 0.00000442. The normalized spacial score (nSPS) is 11.3. The first kappa shape index (κ1) is 33.0. The van der Waals surface area contributed by atoms with Crippen molar-refractivity contribution >= 4 is 85.0 Å². The van der Waals surface area contributed by atoms with Crippen LogP contribution in [0.2, 0.25) is 5.15 Å². The molecule has 5 rings (SSSR count). The molecular weight excluding hydrogens is 615 g/mol. The number of amides is 1. The summed E-state index contributed by atoms with van der Waals surface area (Å²) in [5.74, 6) is 0.315. The second kappa shape index (κ2) is 14.7. The fourth-order valence-electron chi connectivity index (χ4n) is 4.27. The fourth-order valence-corrected chi connectivity index (χ4v) is 5.20. The maximum Gasteiger partial charge on any atom is 0.295 e. The van der Waals surface area contributed by atoms with Crippen LogP contribution in [0.3, 0.4) is 0 Å². The Morgan fingerprint density at radius 3 is 2.45 bits per heavy atom. The molecule has 5 aromatic rings. The molecule has 14 heteroatoms. The quantitative estimate of drug-likeness (QED) is 0.0416. The SMILES string of the molecule is Nc1c(N=Nc2ccc(-c3ccccc3OCCCNC(=O)c3cccnc3Cl)nc2)cc(S(=O)(=O)O)c2ccccc12.[Na]. The van der Waals surface area contributed by atoms with Crippen molar-refractivity contribution in [3.05, 3.63) is 102 Å². The van der Waals surface area contributed by atoms with E-state index in [4.69, 9.17) is 22.1 Å². The Morgan fingerprint density at radius 1 is 0.977 bits per heavy atom. The molecule has 0 spiro atoms. The molecule has 0 fully saturated rings. The average Bonchev–Trinajstić information content (AvgIpc) is 3.01. The van der Waals surface area contributed by atoms with Crippen LogP contribution < -0.4 is 15.8 Å². The number of nitrogen functional groups attached to an aromatic ring is 1. The summed E-state index contributed by atoms with van der Waals surface area (Å²) < 4.78 is 39.6. The van der Waals surface area contributed by atoms with Crippen LogP contribution in [0.4, 0.5) is 17.1 Å². The minimum atomic E-state index is -4.53. The number of hydrogen-bond acceptors (Lipinski definition) is 9. The Bertz CT molecular complexity index is 1940. The predicted octanol–water partition coefficient (Wildman–Crippen LogP) is 6.01. The number of nitrogens with two attached hydrogens (primary N) is 1. The molecule has 0 saturated carbocycles. The molecule has 3 aromatic carbocycles. The number of pyridine rings is 2. The summed E-state index contributed by atoms with van der Waals surface area (Å²) in [4.78, 5) is 20.4. The predicted molar refractivity (Wildman–Crippen MR) is 169 cm³/mol. The molecule has 219 valence electrons. The van der Waals surface area contributed by atoms with E-state index in [0.29, 0.717) is 47.7 Å². The number of para-hydroxylation sites is 1. The van der Waals surface area contributed by atoms with Gasteiger partial charge in [0.15, 0.2) is 0 Å². The van der Waals surface area contributed by atoms with Crippen molar-refractivity contribution in [1.29, 1.82) is 0 Å². The van der Waals surface area contributed by atoms with Gasteiger partial charge >= 0.3 is 0 Å². The van der Waals surface area contributed by atoms with Crippen molar-refractivity contribution < 1.29 is 22.5 Å². The molecule has 1 amide bonds. The monoisotopic (exact) mass is 639 g/mol. The van der Waals surface area contributed by atoms with E-state index in [1.165, 1.54) is 18.5 Å². The largest absolute Gasteiger partial charge is 0.493 e. The van der Waals surface area contributed by atoms with Gasteiger partial charge in [-0.1, -0.05) is 48.0 Å². The molecule has 0 atom stereocenters. The van der Waals surface area contributed by atoms with E-state index in [1.807, 2.05) is 24.3 Å². The number of aromatic nitrogens is 2. The van der Waals surface area contributed by atoms with E-state index in [0.717, 1.165) is 5.56 Å². The summed E-state index contributed by atoms with van der Waals surface area (Å²) in [7, 11) is -4.53. The van der Waals surface area contributed by atoms with Crippen LogP contribution in [0, 0.1) is 0 Å². The third kappa shape index (κ3) is 7.78. The van der Waals surface area contributed by atoms with E-state index < -0.39 is 10.1 Å². The van der Waals surface area contributed by atoms with Gasteiger partial charge in [0.2, 0.25) is 0 Å². The van der Waals surface area contributed by atoms with Crippen LogP contribution in [0.5, 0.6) is 5.75 Å². The summed E-state index contributed by atoms with van der Waals surface area (Å²) in [5, 5.41) is 12.0. The zero-order valence-corrected chi connectivity index (χ0v) is 27.1. The molecule has 0 bridgehead atoms. The van der Waals surface area contributed by atoms with Crippen LogP contribution >= 0.6 is 11.6 Å². The topological polar surface area (TPSA) is 169 Å². The zero-order chi connectivity index (χ0) is 30.4. The molecule has 2 heterocycles. The van der Waals surface area contributed by atoms with E-state index in [1.54, 1.807) is 48.5 Å². The maximum atomic E-state index is 12.3. The number of carbonyl (C=O) groups excluding carboxylic acids is 1. The molecular formula is C30H25ClN6NaO5S. The molecule has 2 aromatic heterocycles. The van der Waals surface area contributed by atoms with Crippen LogP contribution in [0.25, 0.3) is 22.0 Å². The number of hydrogen-bond donors (Lipinski definition) is 3. The van der Waals surface area contributed by atoms with Crippen LogP contribution in [0.15, 0.2) is 106 Å². The van der Waals surface area contributed by atoms with Crippen LogP contribution in [0.1, 0.15) is 16.8 Å². The summed E-state index contributed by atoms with van der Waals surface area (Å²) >= 11 is 5.97. The molecule has 1 radical (unpaired) electrons. The number of benzene rings is 3. The summed E-state index contributed by atoms with van der Waals surface area (Å²) in [6, 6.07) is 21.9. The number of halogens is 1. The van der Waals surface area contributed by atoms with Gasteiger partial charge in [-0.25, -0.2) is 4.98 Å². The standard InChI is InChI=1S/C30H25ClN6O5S.Na/c31-29-23(10-5-14-33-29)30(38)34-15-6-16-42-26-11-4-3-9-22(26)24-13-12-19(18-35-24)36-37-25-17-27(43(39,40)41)20-7-1-2-8-21(20)28(25)32;/h1-5,7-14,17-18H,6,15-16,32H2,(H,34,38)(H,39,40,41);. The number of anilines is 1. The van der Waals surface area contributed by atoms with Gasteiger partial charge in [-0.3, -0.25) is 14.3 Å². The molecule has 0 saturated heterocycles. The zero-order valence-electron chi connectivity index (χ0n) is 23.5. The first-order chi connectivity index (χ1) is 20.7. The third-order valence-corrected chi connectivity index (χ3v) is 7.55. The van der Waals surface area contributed by atoms with E-state index in [9.17, 15) is 17.8 Å². The smallest absolute Gasteiger partial charge is 0.295 e. The van der Waals surface area contributed by atoms with Crippen molar-refractivity contribution in [3.63, 3.8) is 0 Å². The number of ether oxygens (including phenoxy) is 1. The molecule has 0 aliphatic carbocycles. The number of fused-ring (bicyclic) bond motifs is 1. The van der Waals surface area contributed by atoms with Crippen molar-refractivity contribution in [2.75, 3.05) is 18.9 Å². The first-order valence-electron chi connectivity index (χ1n) is 13.0. The van der Waals surface area contributed by atoms with Crippen molar-refractivity contribution in [2.24, 2.45) is 10.2 Å². The third-order valence-electron chi connectivity index (χ3n) is 6.36. The van der Waals surface area contributed by atoms with Crippen molar-refractivity contribution in [2.45, 2.75) is 11.3 Å². The van der Waals surface area contributed by atoms with Gasteiger partial charge in [0.25, 0.3) is 16.0 Å². The van der Waals surface area contributed by atoms with E-state index in [2.05, 4.69) is 25.5 Å². The fraction of sp³-hybridized carbons (Fsp3) is 0.100. The summed E-state index contributed by atoms with van der Waals surface area (Å²) in [5.41, 5.74) is 8.65. The van der Waals surface area contributed by atoms with Gasteiger partial charge in [-0.05, 0) is 48.9 Å². The van der Waals surface area contributed by atoms with Crippen LogP contribution in [-0.4, -0.2) is 71.6 Å². The van der Waals surface area contributed by atoms with Crippen molar-refractivity contribution in [3.8, 4) is 17.0 Å². The van der Waals surface area contributed by atoms with E-state index in [-0.39, 0.29) is 62.3 Å². The summed E-state index contributed by atoms with van der Waals surface area (Å²) in [6.45, 7) is 0.737. The number of nitrogens with zero attached hydrogens (tertiary/aromatic N) is 4. The molecule has 0 unspecified atom stereocenters. The minimum absolute atomic E-state index is 0. The minimum Gasteiger partial charge on any atom is -0.493 e. The number of rotatable bonds is 10. The van der Waals surface area contributed by atoms with Gasteiger partial charge in [-0.15, -0.1) is 10.2 Å². The molecule has 44 heavy (non-hydrogen) atoms. The first-order valence-corrected chi connectivity index (χ1v) is 14.8. The van der Waals surface area contributed by atoms with E-state index >= 15 is 0 Å². The van der Waals surface area contributed by atoms with Gasteiger partial charge in [-0.2, -0.15) is 8.42 Å². The number of azo groups is 1. The number of nitrogens with one attached hydrogen (secondary N) is 1. The Kier molecular flexibility index (Phi) is 11.0. The Labute approximate surface area is 280 Å². The number of carbonyl (C=O) groups is 1. The molecule has 0 aliphatic heterocycles. The van der Waals surface area contributed by atoms with Crippen LogP contribution in [-0.2, 0) is 10.1 Å². The Morgan fingerprint density at radius 2 is 1.73 bits per heavy atom. The maximum absolute atomic E-state index is 12.3. The average molecular weight is 640 g/mol. The van der Waals surface area contributed by atoms with Gasteiger partial charge in [0.05, 0.1) is 29.7 Å². The molecule has 0 aliphatic rings. The second-order valence-corrected chi connectivity index (χ2v) is 11.0. The molecule has 4 N–H and O–H groups in total. The van der Waals surface area contributed by atoms with Crippen molar-refractivity contribution in [1.82, 2.24) is 15.3 Å². The summed E-state index contributed by atoms with van der Waals surface area (Å²) in [6.07, 6.45) is 3.58. The van der Waals surface area contributed by atoms with Gasteiger partial charge in [0.1, 0.15) is 27.2 Å². The second-order valence-electron chi connectivity index (χ2n) is 9.23. The van der Waals surface area contributed by atoms with Gasteiger partial charge in [0, 0.05) is 58.6 Å². The molecule has 11 nitrogen and oxygen atoms in total. The van der Waals surface area contributed by atoms with Gasteiger partial charge < -0.3 is 15.8 Å². The Hall–Kier alpha value is -3.91.